The van der Waals surface area contributed by atoms with Gasteiger partial charge in [0.25, 0.3) is 5.91 Å². The van der Waals surface area contributed by atoms with Crippen LogP contribution in [0.5, 0.6) is 0 Å². The Balaban J connectivity index is 1.75. The number of hydrogen-bond donors (Lipinski definition) is 4. The van der Waals surface area contributed by atoms with Crippen molar-refractivity contribution >= 4 is 23.9 Å². The summed E-state index contributed by atoms with van der Waals surface area (Å²) in [6, 6.07) is 22.9. The molecule has 1 atom stereocenters. The van der Waals surface area contributed by atoms with E-state index in [1.807, 2.05) is 54.6 Å². The van der Waals surface area contributed by atoms with Crippen molar-refractivity contribution in [3.05, 3.63) is 90.0 Å². The first-order chi connectivity index (χ1) is 14.6. The van der Waals surface area contributed by atoms with Gasteiger partial charge in [-0.25, -0.2) is 15.6 Å². The molecule has 5 N–H and O–H groups in total. The molecule has 0 aliphatic heterocycles. The van der Waals surface area contributed by atoms with Crippen molar-refractivity contribution in [3.8, 4) is 11.1 Å². The second kappa shape index (κ2) is 9.99. The second-order valence-corrected chi connectivity index (χ2v) is 6.61. The SMILES string of the molecule is NNC=Nc1cccc(C(=O)NC(Cc2cccc(-c3ccccc3)c2)C(=O)O)c1. The van der Waals surface area contributed by atoms with E-state index >= 15 is 0 Å². The predicted octanol–water partition coefficient (Wildman–Crippen LogP) is 2.90. The molecule has 0 fully saturated rings. The Bertz CT molecular complexity index is 1050. The molecular formula is C23H22N4O3. The van der Waals surface area contributed by atoms with Gasteiger partial charge in [0.15, 0.2) is 0 Å². The largest absolute Gasteiger partial charge is 0.480 e. The van der Waals surface area contributed by atoms with Crippen LogP contribution in [0.2, 0.25) is 0 Å². The Labute approximate surface area is 174 Å². The van der Waals surface area contributed by atoms with Crippen LogP contribution in [0.1, 0.15) is 15.9 Å². The maximum atomic E-state index is 12.6. The minimum Gasteiger partial charge on any atom is -0.480 e. The quantitative estimate of drug-likeness (QED) is 0.200. The van der Waals surface area contributed by atoms with Gasteiger partial charge in [-0.3, -0.25) is 4.79 Å². The van der Waals surface area contributed by atoms with Crippen LogP contribution in [0.15, 0.2) is 83.9 Å². The van der Waals surface area contributed by atoms with Crippen LogP contribution >= 0.6 is 0 Å². The normalized spacial score (nSPS) is 11.8. The summed E-state index contributed by atoms with van der Waals surface area (Å²) in [5, 5.41) is 12.2. The summed E-state index contributed by atoms with van der Waals surface area (Å²) in [6.45, 7) is 0. The molecule has 0 radical (unpaired) electrons. The molecule has 0 heterocycles. The zero-order chi connectivity index (χ0) is 21.3. The number of amides is 1. The zero-order valence-corrected chi connectivity index (χ0v) is 16.2. The molecule has 0 aromatic heterocycles. The van der Waals surface area contributed by atoms with Gasteiger partial charge in [-0.1, -0.05) is 60.7 Å². The molecule has 0 bridgehead atoms. The Morgan fingerprint density at radius 3 is 2.43 bits per heavy atom. The molecule has 152 valence electrons. The lowest BCUT2D eigenvalue weighted by Crippen LogP contribution is -2.42. The van der Waals surface area contributed by atoms with Crippen LogP contribution in [0.25, 0.3) is 11.1 Å². The molecule has 3 rings (SSSR count). The number of carboxylic acids is 1. The molecule has 0 aliphatic rings. The third-order valence-corrected chi connectivity index (χ3v) is 4.47. The number of hydrazine groups is 1. The summed E-state index contributed by atoms with van der Waals surface area (Å²) in [5.41, 5.74) is 5.96. The summed E-state index contributed by atoms with van der Waals surface area (Å²) in [7, 11) is 0. The summed E-state index contributed by atoms with van der Waals surface area (Å²) in [6.07, 6.45) is 1.45. The van der Waals surface area contributed by atoms with Gasteiger partial charge in [-0.2, -0.15) is 0 Å². The Morgan fingerprint density at radius 1 is 0.967 bits per heavy atom. The number of nitrogens with two attached hydrogens (primary N) is 1. The number of nitrogens with zero attached hydrogens (tertiary/aromatic N) is 1. The fraction of sp³-hybridized carbons (Fsp3) is 0.0870. The Morgan fingerprint density at radius 2 is 1.70 bits per heavy atom. The first-order valence-corrected chi connectivity index (χ1v) is 9.33. The molecule has 7 nitrogen and oxygen atoms in total. The minimum absolute atomic E-state index is 0.163. The molecule has 7 heteroatoms. The number of aliphatic imine (C=N–C) groups is 1. The minimum atomic E-state index is -1.10. The lowest BCUT2D eigenvalue weighted by molar-refractivity contribution is -0.139. The molecule has 0 saturated carbocycles. The summed E-state index contributed by atoms with van der Waals surface area (Å²) >= 11 is 0. The lowest BCUT2D eigenvalue weighted by atomic mass is 9.99. The first kappa shape index (κ1) is 20.8. The van der Waals surface area contributed by atoms with E-state index in [0.717, 1.165) is 16.7 Å². The van der Waals surface area contributed by atoms with Gasteiger partial charge in [0.2, 0.25) is 0 Å². The van der Waals surface area contributed by atoms with Crippen LogP contribution in [0.3, 0.4) is 0 Å². The topological polar surface area (TPSA) is 117 Å². The van der Waals surface area contributed by atoms with E-state index in [4.69, 9.17) is 5.84 Å². The van der Waals surface area contributed by atoms with Gasteiger partial charge >= 0.3 is 5.97 Å². The zero-order valence-electron chi connectivity index (χ0n) is 16.2. The van der Waals surface area contributed by atoms with E-state index in [2.05, 4.69) is 15.7 Å². The molecule has 1 amide bonds. The van der Waals surface area contributed by atoms with E-state index in [1.54, 1.807) is 24.3 Å². The second-order valence-electron chi connectivity index (χ2n) is 6.61. The Kier molecular flexibility index (Phi) is 6.91. The van der Waals surface area contributed by atoms with Crippen LogP contribution in [0.4, 0.5) is 5.69 Å². The van der Waals surface area contributed by atoms with Crippen molar-refractivity contribution in [1.82, 2.24) is 10.7 Å². The van der Waals surface area contributed by atoms with Crippen molar-refractivity contribution in [2.45, 2.75) is 12.5 Å². The summed E-state index contributed by atoms with van der Waals surface area (Å²) < 4.78 is 0. The molecule has 1 unspecified atom stereocenters. The number of nitrogens with one attached hydrogen (secondary N) is 2. The number of carbonyl (C=O) groups excluding carboxylic acids is 1. The summed E-state index contributed by atoms with van der Waals surface area (Å²) in [5.74, 6) is 3.56. The number of rotatable bonds is 8. The van der Waals surface area contributed by atoms with E-state index < -0.39 is 17.9 Å². The lowest BCUT2D eigenvalue weighted by Gasteiger charge is -2.15. The maximum absolute atomic E-state index is 12.6. The van der Waals surface area contributed by atoms with Crippen molar-refractivity contribution in [1.29, 1.82) is 0 Å². The monoisotopic (exact) mass is 402 g/mol. The third kappa shape index (κ3) is 5.52. The molecule has 30 heavy (non-hydrogen) atoms. The van der Waals surface area contributed by atoms with Gasteiger partial charge in [-0.05, 0) is 34.9 Å². The average Bonchev–Trinajstić information content (AvgIpc) is 2.78. The average molecular weight is 402 g/mol. The molecule has 3 aromatic rings. The fourth-order valence-electron chi connectivity index (χ4n) is 3.03. The molecular weight excluding hydrogens is 380 g/mol. The predicted molar refractivity (Wildman–Crippen MR) is 116 cm³/mol. The number of benzene rings is 3. The van der Waals surface area contributed by atoms with E-state index in [0.29, 0.717) is 11.3 Å². The van der Waals surface area contributed by atoms with Crippen molar-refractivity contribution < 1.29 is 14.7 Å². The number of aliphatic carboxylic acids is 1. The van der Waals surface area contributed by atoms with Gasteiger partial charge in [0.1, 0.15) is 12.4 Å². The highest BCUT2D eigenvalue weighted by Crippen LogP contribution is 2.21. The van der Waals surface area contributed by atoms with E-state index in [9.17, 15) is 14.7 Å². The van der Waals surface area contributed by atoms with E-state index in [-0.39, 0.29) is 6.42 Å². The summed E-state index contributed by atoms with van der Waals surface area (Å²) in [4.78, 5) is 28.4. The van der Waals surface area contributed by atoms with E-state index in [1.165, 1.54) is 6.34 Å². The van der Waals surface area contributed by atoms with Crippen LogP contribution in [0, 0.1) is 0 Å². The molecule has 0 saturated heterocycles. The molecule has 3 aromatic carbocycles. The number of carboxylic acid groups (broad SMARTS) is 1. The van der Waals surface area contributed by atoms with Crippen LogP contribution in [-0.4, -0.2) is 29.4 Å². The fourth-order valence-corrected chi connectivity index (χ4v) is 3.03. The van der Waals surface area contributed by atoms with Crippen molar-refractivity contribution in [3.63, 3.8) is 0 Å². The standard InChI is InChI=1S/C23H22N4O3/c24-26-15-25-20-11-5-10-19(14-20)22(28)27-21(23(29)30)13-16-6-4-9-18(12-16)17-7-2-1-3-8-17/h1-12,14-15,21H,13,24H2,(H,25,26)(H,27,28)(H,29,30). The highest BCUT2D eigenvalue weighted by molar-refractivity contribution is 5.97. The Hall–Kier alpha value is -3.97. The molecule has 0 aliphatic carbocycles. The van der Waals surface area contributed by atoms with Crippen LogP contribution in [-0.2, 0) is 11.2 Å². The number of hydrogen-bond acceptors (Lipinski definition) is 4. The number of carbonyl (C=O) groups is 2. The smallest absolute Gasteiger partial charge is 0.326 e. The third-order valence-electron chi connectivity index (χ3n) is 4.47. The highest BCUT2D eigenvalue weighted by Gasteiger charge is 2.21. The van der Waals surface area contributed by atoms with Gasteiger partial charge in [0, 0.05) is 12.0 Å². The first-order valence-electron chi connectivity index (χ1n) is 9.33. The van der Waals surface area contributed by atoms with Crippen molar-refractivity contribution in [2.24, 2.45) is 10.8 Å². The van der Waals surface area contributed by atoms with Gasteiger partial charge in [0.05, 0.1) is 5.69 Å². The van der Waals surface area contributed by atoms with Crippen LogP contribution < -0.4 is 16.6 Å². The maximum Gasteiger partial charge on any atom is 0.326 e. The highest BCUT2D eigenvalue weighted by atomic mass is 16.4. The van der Waals surface area contributed by atoms with Gasteiger partial charge < -0.3 is 15.8 Å². The molecule has 0 spiro atoms. The van der Waals surface area contributed by atoms with Crippen molar-refractivity contribution in [2.75, 3.05) is 0 Å². The van der Waals surface area contributed by atoms with Gasteiger partial charge in [-0.15, -0.1) is 0 Å².